The van der Waals surface area contributed by atoms with E-state index >= 15 is 0 Å². The molecule has 0 aromatic heterocycles. The van der Waals surface area contributed by atoms with Crippen LogP contribution in [0, 0.1) is 23.2 Å². The van der Waals surface area contributed by atoms with Crippen LogP contribution in [0.5, 0.6) is 0 Å². The molecule has 4 heteroatoms. The van der Waals surface area contributed by atoms with E-state index in [0.717, 1.165) is 0 Å². The van der Waals surface area contributed by atoms with Gasteiger partial charge in [0.05, 0.1) is 13.0 Å². The van der Waals surface area contributed by atoms with Crippen molar-refractivity contribution < 1.29 is 19.1 Å². The average Bonchev–Trinajstić information content (AvgIpc) is 2.42. The number of methoxy groups -OCH3 is 1. The molecule has 102 valence electrons. The highest BCUT2D eigenvalue weighted by Crippen LogP contribution is 2.50. The largest absolute Gasteiger partial charge is 0.468 e. The molecule has 0 saturated carbocycles. The quantitative estimate of drug-likeness (QED) is 0.432. The van der Waals surface area contributed by atoms with Crippen molar-refractivity contribution in [2.45, 2.75) is 20.3 Å². The van der Waals surface area contributed by atoms with Crippen molar-refractivity contribution in [3.05, 3.63) is 24.3 Å². The smallest absolute Gasteiger partial charge is 0.321 e. The third kappa shape index (κ3) is 1.70. The first-order valence-electron chi connectivity index (χ1n) is 6.53. The Morgan fingerprint density at radius 2 is 2.00 bits per heavy atom. The normalized spacial score (nSPS) is 37.1. The van der Waals surface area contributed by atoms with Gasteiger partial charge in [-0.3, -0.25) is 14.4 Å². The molecule has 0 aromatic rings. The van der Waals surface area contributed by atoms with Crippen LogP contribution < -0.4 is 0 Å². The second kappa shape index (κ2) is 4.76. The van der Waals surface area contributed by atoms with Gasteiger partial charge in [0.15, 0.2) is 11.6 Å². The minimum Gasteiger partial charge on any atom is -0.468 e. The fourth-order valence-corrected chi connectivity index (χ4v) is 3.36. The highest BCUT2D eigenvalue weighted by Gasteiger charge is 2.61. The molecule has 19 heavy (non-hydrogen) atoms. The second-order valence-electron chi connectivity index (χ2n) is 5.18. The molecule has 0 bridgehead atoms. The van der Waals surface area contributed by atoms with E-state index in [0.29, 0.717) is 6.42 Å². The number of ether oxygens (including phenoxy) is 1. The molecule has 2 aliphatic carbocycles. The summed E-state index contributed by atoms with van der Waals surface area (Å²) >= 11 is 0. The van der Waals surface area contributed by atoms with Crippen LogP contribution in [0.1, 0.15) is 20.3 Å². The Bertz CT molecular complexity index is 488. The lowest BCUT2D eigenvalue weighted by molar-refractivity contribution is -0.169. The molecular weight excluding hydrogens is 244 g/mol. The molecule has 0 spiro atoms. The summed E-state index contributed by atoms with van der Waals surface area (Å²) in [5, 5.41) is 0. The van der Waals surface area contributed by atoms with Crippen LogP contribution in [0.25, 0.3) is 0 Å². The summed E-state index contributed by atoms with van der Waals surface area (Å²) in [5.74, 6) is -2.16. The minimum absolute atomic E-state index is 0.100. The maximum atomic E-state index is 12.4. The highest BCUT2D eigenvalue weighted by atomic mass is 16.5. The molecular formula is C15H18O4. The molecule has 0 unspecified atom stereocenters. The van der Waals surface area contributed by atoms with Crippen LogP contribution in [-0.2, 0) is 19.1 Å². The van der Waals surface area contributed by atoms with Gasteiger partial charge in [-0.15, -0.1) is 0 Å². The lowest BCUT2D eigenvalue weighted by Gasteiger charge is -2.45. The average molecular weight is 262 g/mol. The van der Waals surface area contributed by atoms with Crippen LogP contribution in [0.4, 0.5) is 0 Å². The van der Waals surface area contributed by atoms with E-state index in [-0.39, 0.29) is 23.4 Å². The van der Waals surface area contributed by atoms with Crippen molar-refractivity contribution >= 4 is 17.5 Å². The Morgan fingerprint density at radius 1 is 1.32 bits per heavy atom. The van der Waals surface area contributed by atoms with Crippen molar-refractivity contribution in [1.82, 2.24) is 0 Å². The number of hydrogen-bond donors (Lipinski definition) is 0. The number of hydrogen-bond acceptors (Lipinski definition) is 4. The Labute approximate surface area is 112 Å². The van der Waals surface area contributed by atoms with E-state index in [2.05, 4.69) is 0 Å². The molecule has 4 atom stereocenters. The third-order valence-electron chi connectivity index (χ3n) is 4.39. The van der Waals surface area contributed by atoms with Crippen LogP contribution in [0.2, 0.25) is 0 Å². The number of allylic oxidation sites excluding steroid dienone is 4. The monoisotopic (exact) mass is 262 g/mol. The second-order valence-corrected chi connectivity index (χ2v) is 5.18. The van der Waals surface area contributed by atoms with Gasteiger partial charge in [0.2, 0.25) is 0 Å². The summed E-state index contributed by atoms with van der Waals surface area (Å²) in [4.78, 5) is 36.9. The van der Waals surface area contributed by atoms with Crippen molar-refractivity contribution in [3.63, 3.8) is 0 Å². The first-order valence-corrected chi connectivity index (χ1v) is 6.53. The van der Waals surface area contributed by atoms with E-state index in [1.807, 2.05) is 19.1 Å². The first-order chi connectivity index (χ1) is 8.99. The van der Waals surface area contributed by atoms with Crippen molar-refractivity contribution in [3.8, 4) is 0 Å². The Morgan fingerprint density at radius 3 is 2.58 bits per heavy atom. The van der Waals surface area contributed by atoms with Crippen LogP contribution in [0.15, 0.2) is 24.3 Å². The molecule has 0 saturated heterocycles. The number of carbonyl (C=O) groups excluding carboxylic acids is 3. The number of esters is 1. The molecule has 0 aromatic carbocycles. The number of ketones is 2. The van der Waals surface area contributed by atoms with Crippen molar-refractivity contribution in [2.75, 3.05) is 7.11 Å². The summed E-state index contributed by atoms with van der Waals surface area (Å²) in [7, 11) is 1.26. The van der Waals surface area contributed by atoms with Gasteiger partial charge in [-0.05, 0) is 30.4 Å². The molecule has 2 rings (SSSR count). The summed E-state index contributed by atoms with van der Waals surface area (Å²) in [6.45, 7) is 3.74. The van der Waals surface area contributed by atoms with E-state index in [1.54, 1.807) is 6.92 Å². The van der Waals surface area contributed by atoms with Crippen LogP contribution in [-0.4, -0.2) is 24.6 Å². The van der Waals surface area contributed by atoms with Gasteiger partial charge in [0.25, 0.3) is 0 Å². The predicted octanol–water partition coefficient (Wildman–Crippen LogP) is 1.70. The summed E-state index contributed by atoms with van der Waals surface area (Å²) in [5.41, 5.74) is -1.38. The van der Waals surface area contributed by atoms with Gasteiger partial charge in [-0.2, -0.15) is 0 Å². The first kappa shape index (κ1) is 13.7. The van der Waals surface area contributed by atoms with Gasteiger partial charge in [0, 0.05) is 0 Å². The van der Waals surface area contributed by atoms with Crippen molar-refractivity contribution in [2.24, 2.45) is 23.2 Å². The van der Waals surface area contributed by atoms with Gasteiger partial charge in [-0.25, -0.2) is 0 Å². The maximum Gasteiger partial charge on any atom is 0.321 e. The zero-order valence-corrected chi connectivity index (χ0v) is 11.4. The van der Waals surface area contributed by atoms with Gasteiger partial charge >= 0.3 is 5.97 Å². The Balaban J connectivity index is 2.67. The third-order valence-corrected chi connectivity index (χ3v) is 4.39. The van der Waals surface area contributed by atoms with Crippen LogP contribution in [0.3, 0.4) is 0 Å². The van der Waals surface area contributed by atoms with Crippen molar-refractivity contribution in [1.29, 1.82) is 0 Å². The molecule has 0 radical (unpaired) electrons. The molecule has 2 aliphatic rings. The fraction of sp³-hybridized carbons (Fsp3) is 0.533. The summed E-state index contributed by atoms with van der Waals surface area (Å²) in [6, 6.07) is 0. The topological polar surface area (TPSA) is 60.4 Å². The van der Waals surface area contributed by atoms with E-state index in [4.69, 9.17) is 4.74 Å². The molecule has 0 N–H and O–H groups in total. The predicted molar refractivity (Wildman–Crippen MR) is 69.2 cm³/mol. The summed E-state index contributed by atoms with van der Waals surface area (Å²) < 4.78 is 4.85. The van der Waals surface area contributed by atoms with Gasteiger partial charge in [-0.1, -0.05) is 26.0 Å². The molecule has 4 nitrogen and oxygen atoms in total. The number of rotatable bonds is 2. The lowest BCUT2D eigenvalue weighted by atomic mass is 9.54. The summed E-state index contributed by atoms with van der Waals surface area (Å²) in [6.07, 6.45) is 7.02. The number of fused-ring (bicyclic) bond motifs is 1. The SMILES string of the molecule is CC[C@H]1C=C[C@@H](C)[C@@]2(C(=O)OC)C(=O)C=CC(=O)[C@@H]12. The minimum atomic E-state index is -1.38. The Kier molecular flexibility index (Phi) is 3.43. The van der Waals surface area contributed by atoms with Gasteiger partial charge in [0.1, 0.15) is 5.41 Å². The van der Waals surface area contributed by atoms with E-state index in [1.165, 1.54) is 19.3 Å². The zero-order chi connectivity index (χ0) is 14.2. The zero-order valence-electron chi connectivity index (χ0n) is 11.4. The molecule has 0 amide bonds. The fourth-order valence-electron chi connectivity index (χ4n) is 3.36. The Hall–Kier alpha value is -1.71. The highest BCUT2D eigenvalue weighted by molar-refractivity contribution is 6.19. The number of carbonyl (C=O) groups is 3. The lowest BCUT2D eigenvalue weighted by Crippen LogP contribution is -2.57. The molecule has 0 fully saturated rings. The molecule has 0 heterocycles. The molecule has 0 aliphatic heterocycles. The van der Waals surface area contributed by atoms with E-state index < -0.39 is 17.3 Å². The maximum absolute atomic E-state index is 12.4. The van der Waals surface area contributed by atoms with Gasteiger partial charge < -0.3 is 4.74 Å². The standard InChI is InChI=1S/C15H18O4/c1-4-10-6-5-9(2)15(14(18)19-3)12(17)8-7-11(16)13(10)15/h5-10,13H,4H2,1-3H3/t9-,10+,13-,15-/m1/s1. The van der Waals surface area contributed by atoms with Crippen LogP contribution >= 0.6 is 0 Å². The van der Waals surface area contributed by atoms with E-state index in [9.17, 15) is 14.4 Å².